The zero-order valence-electron chi connectivity index (χ0n) is 21.0. The lowest BCUT2D eigenvalue weighted by Crippen LogP contribution is -2.21. The molecule has 37 heavy (non-hydrogen) atoms. The lowest BCUT2D eigenvalue weighted by Gasteiger charge is -2.13. The molecule has 2 aliphatic carbocycles. The quantitative estimate of drug-likeness (QED) is 0.353. The summed E-state index contributed by atoms with van der Waals surface area (Å²) in [7, 11) is 0. The van der Waals surface area contributed by atoms with Crippen molar-refractivity contribution in [3.8, 4) is 5.82 Å². The molecule has 9 heteroatoms. The molecule has 7 rings (SSSR count). The Kier molecular flexibility index (Phi) is 5.37. The Bertz CT molecular complexity index is 1500. The van der Waals surface area contributed by atoms with Gasteiger partial charge in [-0.15, -0.1) is 0 Å². The Labute approximate surface area is 215 Å². The maximum Gasteiger partial charge on any atom is 0.229 e. The van der Waals surface area contributed by atoms with Crippen LogP contribution < -0.4 is 5.32 Å². The molecule has 3 fully saturated rings. The fraction of sp³-hybridized carbons (Fsp3) is 0.429. The molecule has 2 saturated carbocycles. The summed E-state index contributed by atoms with van der Waals surface area (Å²) in [6.07, 6.45) is 10.7. The molecule has 3 aliphatic rings. The first-order chi connectivity index (χ1) is 18.0. The lowest BCUT2D eigenvalue weighted by molar-refractivity contribution is 0.0969. The lowest BCUT2D eigenvalue weighted by atomic mass is 10.1. The van der Waals surface area contributed by atoms with E-state index in [1.807, 2.05) is 25.3 Å². The molecule has 2 N–H and O–H groups in total. The maximum absolute atomic E-state index is 13.0. The van der Waals surface area contributed by atoms with Gasteiger partial charge in [0.05, 0.1) is 11.8 Å². The van der Waals surface area contributed by atoms with Crippen molar-refractivity contribution in [2.75, 3.05) is 18.4 Å². The molecule has 0 amide bonds. The van der Waals surface area contributed by atoms with Gasteiger partial charge < -0.3 is 15.0 Å². The number of β-amino-alcohol motifs (C(OH)–C–C–N with tert-alkyl or cyclic N) is 1. The Morgan fingerprint density at radius 1 is 1.14 bits per heavy atom. The smallest absolute Gasteiger partial charge is 0.229 e. The minimum atomic E-state index is -0.236. The molecule has 4 aromatic rings. The molecule has 4 heterocycles. The number of ketones is 1. The first kappa shape index (κ1) is 22.6. The van der Waals surface area contributed by atoms with Crippen molar-refractivity contribution < 1.29 is 9.90 Å². The average Bonchev–Trinajstić information content (AvgIpc) is 3.81. The van der Waals surface area contributed by atoms with Crippen LogP contribution in [0.1, 0.15) is 59.8 Å². The van der Waals surface area contributed by atoms with Gasteiger partial charge in [-0.2, -0.15) is 10.1 Å². The molecular weight excluding hydrogens is 466 g/mol. The number of carbonyl (C=O) groups is 1. The van der Waals surface area contributed by atoms with E-state index in [9.17, 15) is 9.90 Å². The van der Waals surface area contributed by atoms with Crippen LogP contribution in [0, 0.1) is 12.8 Å². The fourth-order valence-corrected chi connectivity index (χ4v) is 5.38. The van der Waals surface area contributed by atoms with Crippen LogP contribution in [0.15, 0.2) is 42.9 Å². The van der Waals surface area contributed by atoms with E-state index in [1.54, 1.807) is 10.9 Å². The highest BCUT2D eigenvalue weighted by atomic mass is 16.3. The second-order valence-electron chi connectivity index (χ2n) is 10.8. The molecule has 1 aliphatic heterocycles. The second kappa shape index (κ2) is 8.78. The minimum absolute atomic E-state index is 0.188. The number of benzene rings is 1. The topological polar surface area (TPSA) is 101 Å². The highest BCUT2D eigenvalue weighted by molar-refractivity contribution is 6.10. The van der Waals surface area contributed by atoms with Crippen molar-refractivity contribution >= 4 is 28.3 Å². The Balaban J connectivity index is 1.15. The predicted octanol–water partition coefficient (Wildman–Crippen LogP) is 4.16. The number of likely N-dealkylation sites (tertiary alicyclic amines) is 1. The molecule has 1 atom stereocenters. The van der Waals surface area contributed by atoms with Crippen molar-refractivity contribution in [2.45, 2.75) is 57.7 Å². The van der Waals surface area contributed by atoms with Gasteiger partial charge in [-0.25, -0.2) is 9.67 Å². The third kappa shape index (κ3) is 4.42. The summed E-state index contributed by atoms with van der Waals surface area (Å²) in [6, 6.07) is 8.54. The van der Waals surface area contributed by atoms with Crippen LogP contribution in [0.4, 0.5) is 11.6 Å². The van der Waals surface area contributed by atoms with Gasteiger partial charge >= 0.3 is 0 Å². The van der Waals surface area contributed by atoms with Crippen LogP contribution in [0.3, 0.4) is 0 Å². The number of carbonyl (C=O) groups excluding carboxylic acids is 1. The number of anilines is 2. The number of hydrogen-bond donors (Lipinski definition) is 2. The summed E-state index contributed by atoms with van der Waals surface area (Å²) >= 11 is 0. The van der Waals surface area contributed by atoms with E-state index in [-0.39, 0.29) is 17.8 Å². The summed E-state index contributed by atoms with van der Waals surface area (Å²) in [5, 5.41) is 18.9. The van der Waals surface area contributed by atoms with Gasteiger partial charge in [-0.05, 0) is 57.2 Å². The molecular formula is C28H31N7O2. The number of nitrogens with one attached hydrogen (secondary N) is 1. The van der Waals surface area contributed by atoms with Crippen molar-refractivity contribution in [1.29, 1.82) is 0 Å². The van der Waals surface area contributed by atoms with Crippen LogP contribution >= 0.6 is 0 Å². The molecule has 1 saturated heterocycles. The molecule has 190 valence electrons. The van der Waals surface area contributed by atoms with Gasteiger partial charge in [0, 0.05) is 84.0 Å². The monoisotopic (exact) mass is 497 g/mol. The van der Waals surface area contributed by atoms with Gasteiger partial charge in [-0.1, -0.05) is 0 Å². The zero-order valence-corrected chi connectivity index (χ0v) is 21.0. The highest BCUT2D eigenvalue weighted by Gasteiger charge is 2.34. The third-order valence-corrected chi connectivity index (χ3v) is 7.76. The number of nitrogens with zero attached hydrogens (tertiary/aromatic N) is 6. The van der Waals surface area contributed by atoms with E-state index in [0.717, 1.165) is 65.8 Å². The molecule has 0 unspecified atom stereocenters. The van der Waals surface area contributed by atoms with Crippen LogP contribution in [0.2, 0.25) is 0 Å². The number of rotatable bonds is 8. The first-order valence-electron chi connectivity index (χ1n) is 13.3. The maximum atomic E-state index is 13.0. The van der Waals surface area contributed by atoms with Gasteiger partial charge in [0.1, 0.15) is 0 Å². The summed E-state index contributed by atoms with van der Waals surface area (Å²) in [5.41, 5.74) is 4.89. The molecule has 0 spiro atoms. The van der Waals surface area contributed by atoms with Crippen molar-refractivity contribution in [3.63, 3.8) is 0 Å². The number of aliphatic hydroxyl groups is 1. The van der Waals surface area contributed by atoms with Crippen molar-refractivity contribution in [3.05, 3.63) is 59.7 Å². The zero-order chi connectivity index (χ0) is 25.1. The van der Waals surface area contributed by atoms with Crippen LogP contribution in [0.5, 0.6) is 0 Å². The van der Waals surface area contributed by atoms with E-state index in [2.05, 4.69) is 43.2 Å². The van der Waals surface area contributed by atoms with Crippen LogP contribution in [-0.4, -0.2) is 59.3 Å². The van der Waals surface area contributed by atoms with Gasteiger partial charge in [-0.3, -0.25) is 9.69 Å². The number of aliphatic hydroxyl groups excluding tert-OH is 1. The number of aryl methyl sites for hydroxylation is 1. The average molecular weight is 498 g/mol. The highest BCUT2D eigenvalue weighted by Crippen LogP contribution is 2.42. The predicted molar refractivity (Wildman–Crippen MR) is 140 cm³/mol. The normalized spacial score (nSPS) is 20.1. The van der Waals surface area contributed by atoms with Crippen molar-refractivity contribution in [1.82, 2.24) is 29.2 Å². The number of aromatic nitrogens is 5. The Morgan fingerprint density at radius 2 is 2.00 bits per heavy atom. The SMILES string of the molecule is Cc1nn(-c2ccnc(Nc3ccc4c(c3)c(C(=O)C3CC3)cn4C3CC3)n2)cc1CN1CC[C@@H](O)C1. The molecule has 1 aromatic carbocycles. The molecule has 0 bridgehead atoms. The number of hydrogen-bond acceptors (Lipinski definition) is 7. The third-order valence-electron chi connectivity index (χ3n) is 7.76. The summed E-state index contributed by atoms with van der Waals surface area (Å²) in [6.45, 7) is 4.37. The molecule has 9 nitrogen and oxygen atoms in total. The minimum Gasteiger partial charge on any atom is -0.392 e. The van der Waals surface area contributed by atoms with E-state index in [0.29, 0.717) is 24.4 Å². The largest absolute Gasteiger partial charge is 0.392 e. The van der Waals surface area contributed by atoms with Gasteiger partial charge in [0.15, 0.2) is 11.6 Å². The Hall–Kier alpha value is -3.56. The van der Waals surface area contributed by atoms with E-state index in [1.165, 1.54) is 12.8 Å². The number of Topliss-reactive ketones (excluding diaryl/α,β-unsaturated/α-hetero) is 1. The van der Waals surface area contributed by atoms with Crippen molar-refractivity contribution in [2.24, 2.45) is 5.92 Å². The standard InChI is InChI=1S/C28H31N7O2/c1-17-19(13-33-11-9-22(36)15-33)14-35(32-17)26-8-10-29-28(31-26)30-20-4-7-25-23(12-20)24(27(37)18-2-3-18)16-34(25)21-5-6-21/h4,7-8,10,12,14,16,18,21-22,36H,2-3,5-6,9,11,13,15H2,1H3,(H,29,30,31)/t22-/m1/s1. The molecule has 0 radical (unpaired) electrons. The van der Waals surface area contributed by atoms with Crippen LogP contribution in [0.25, 0.3) is 16.7 Å². The van der Waals surface area contributed by atoms with E-state index in [4.69, 9.17) is 4.98 Å². The fourth-order valence-electron chi connectivity index (χ4n) is 5.38. The van der Waals surface area contributed by atoms with Crippen LogP contribution in [-0.2, 0) is 6.54 Å². The molecule has 3 aromatic heterocycles. The van der Waals surface area contributed by atoms with Gasteiger partial charge in [0.2, 0.25) is 5.95 Å². The number of fused-ring (bicyclic) bond motifs is 1. The Morgan fingerprint density at radius 3 is 2.76 bits per heavy atom. The van der Waals surface area contributed by atoms with Gasteiger partial charge in [0.25, 0.3) is 0 Å². The van der Waals surface area contributed by atoms with E-state index < -0.39 is 0 Å². The second-order valence-corrected chi connectivity index (χ2v) is 10.8. The first-order valence-corrected chi connectivity index (χ1v) is 13.3. The summed E-state index contributed by atoms with van der Waals surface area (Å²) in [5.74, 6) is 1.62. The summed E-state index contributed by atoms with van der Waals surface area (Å²) in [4.78, 5) is 24.4. The van der Waals surface area contributed by atoms with E-state index >= 15 is 0 Å². The summed E-state index contributed by atoms with van der Waals surface area (Å²) < 4.78 is 4.07.